The van der Waals surface area contributed by atoms with Crippen molar-refractivity contribution < 1.29 is 73.2 Å². The molecule has 94 heavy (non-hydrogen) atoms. The molecule has 2 heterocycles. The highest BCUT2D eigenvalue weighted by molar-refractivity contribution is 7.80. The van der Waals surface area contributed by atoms with Gasteiger partial charge < -0.3 is 84.0 Å². The Hall–Kier alpha value is -9.51. The standard InChI is InChI=1S/C65H89N13O15S/c1-9-35(7)54(63(90)75-50(65(92)93)26-39-29-68-44-14-12-11-13-43(39)44)78-64(91)55(36(8)10-2)77-60(87)49(28-52(81)82)73-56(83)45(23-33(3)4)70-59(86)48(27-40-30-67-32-69-40)72-61(88)51(31-94)76-58(85)46(24-37-15-19-41(79)20-16-37)71-57(84)47(74-62(89)53(66)34(5)6)25-38-17-21-42(80)22-18-38/h11-22,29-30,32-36,45-51,53-55,68,79-80,94H,9-10,23-28,31,66H2,1-8H3,(H,67,69)(H,70,86)(H,71,84)(H,72,88)(H,73,83)(H,74,89)(H,75,90)(H,76,85)(H,77,87)(H,78,91)(H,81,82)(H,92,93)/t35-,36-,45-,46-,47-,48-,49-,50-,51-,53-,54-,55-/m0/s1. The molecule has 12 atom stereocenters. The largest absolute Gasteiger partial charge is 0.508 e. The number of rotatable bonds is 37. The molecule has 0 fully saturated rings. The summed E-state index contributed by atoms with van der Waals surface area (Å²) in [6.45, 7) is 13.7. The highest BCUT2D eigenvalue weighted by Crippen LogP contribution is 2.21. The number of phenolic OH excluding ortho intramolecular Hbond substituents is 2. The summed E-state index contributed by atoms with van der Waals surface area (Å²) in [5.74, 6) is -13.3. The molecule has 0 aliphatic carbocycles. The van der Waals surface area contributed by atoms with Crippen molar-refractivity contribution in [1.82, 2.24) is 62.8 Å². The second kappa shape index (κ2) is 36.1. The summed E-state index contributed by atoms with van der Waals surface area (Å²) in [6.07, 6.45) is 3.19. The number of imidazole rings is 1. The van der Waals surface area contributed by atoms with E-state index in [-0.39, 0.29) is 67.6 Å². The zero-order valence-electron chi connectivity index (χ0n) is 53.9. The molecule has 0 radical (unpaired) electrons. The molecule has 510 valence electrons. The fraction of sp³-hybridized carbons (Fsp3) is 0.477. The number of carbonyl (C=O) groups is 11. The molecule has 5 aromatic rings. The van der Waals surface area contributed by atoms with Crippen LogP contribution in [0.5, 0.6) is 11.5 Å². The minimum Gasteiger partial charge on any atom is -0.508 e. The van der Waals surface area contributed by atoms with E-state index in [2.05, 4.69) is 75.4 Å². The Kier molecular flexibility index (Phi) is 28.9. The number of aromatic nitrogens is 3. The number of benzene rings is 3. The number of hydrogen-bond acceptors (Lipinski definition) is 16. The number of H-pyrrole nitrogens is 2. The van der Waals surface area contributed by atoms with E-state index in [0.717, 1.165) is 10.9 Å². The van der Waals surface area contributed by atoms with Gasteiger partial charge in [0.2, 0.25) is 53.2 Å². The third kappa shape index (κ3) is 22.7. The molecule has 0 aliphatic heterocycles. The van der Waals surface area contributed by atoms with Crippen LogP contribution in [0.25, 0.3) is 10.9 Å². The first-order valence-corrected chi connectivity index (χ1v) is 31.8. The first kappa shape index (κ1) is 75.2. The third-order valence-corrected chi connectivity index (χ3v) is 16.5. The topological polar surface area (TPSA) is 447 Å². The van der Waals surface area contributed by atoms with E-state index >= 15 is 0 Å². The number of carbonyl (C=O) groups excluding carboxylic acids is 9. The van der Waals surface area contributed by atoms with Crippen molar-refractivity contribution in [3.8, 4) is 11.5 Å². The summed E-state index contributed by atoms with van der Waals surface area (Å²) in [5, 5.41) is 64.4. The van der Waals surface area contributed by atoms with Crippen LogP contribution in [-0.4, -0.2) is 167 Å². The van der Waals surface area contributed by atoms with E-state index in [4.69, 9.17) is 5.73 Å². The van der Waals surface area contributed by atoms with Gasteiger partial charge in [-0.2, -0.15) is 12.6 Å². The number of phenols is 2. The molecule has 0 bridgehead atoms. The quantitative estimate of drug-likeness (QED) is 0.0251. The number of aromatic amines is 2. The maximum Gasteiger partial charge on any atom is 0.326 e. The number of nitrogens with two attached hydrogens (primary N) is 1. The maximum atomic E-state index is 14.6. The van der Waals surface area contributed by atoms with Gasteiger partial charge in [0.05, 0.1) is 18.8 Å². The molecule has 17 N–H and O–H groups in total. The number of amides is 9. The first-order chi connectivity index (χ1) is 44.5. The molecule has 9 amide bonds. The number of fused-ring (bicyclic) bond motifs is 1. The molecular weight excluding hydrogens is 1230 g/mol. The summed E-state index contributed by atoms with van der Waals surface area (Å²) in [7, 11) is 0. The van der Waals surface area contributed by atoms with E-state index in [9.17, 15) is 73.2 Å². The second-order valence-corrected chi connectivity index (χ2v) is 24.6. The summed E-state index contributed by atoms with van der Waals surface area (Å²) < 4.78 is 0. The van der Waals surface area contributed by atoms with Crippen LogP contribution >= 0.6 is 12.6 Å². The van der Waals surface area contributed by atoms with E-state index in [0.29, 0.717) is 28.8 Å². The van der Waals surface area contributed by atoms with E-state index in [1.54, 1.807) is 79.8 Å². The minimum absolute atomic E-state index is 0.0473. The molecule has 0 spiro atoms. The van der Waals surface area contributed by atoms with Gasteiger partial charge in [0.1, 0.15) is 65.9 Å². The molecule has 0 saturated carbocycles. The SMILES string of the molecule is CC[C@H](C)[C@H](NC(=O)[C@H](CC(=O)O)NC(=O)[C@H](CC(C)C)NC(=O)[C@H](Cc1cnc[nH]1)NC(=O)[C@H](CS)NC(=O)[C@H](Cc1ccc(O)cc1)NC(=O)[C@H](Cc1ccc(O)cc1)NC(=O)[C@@H](N)C(C)C)C(=O)N[C@H](C(=O)N[C@@H](Cc1c[nH]c2ccccc12)C(=O)O)[C@@H](C)CC. The lowest BCUT2D eigenvalue weighted by Gasteiger charge is -2.31. The van der Waals surface area contributed by atoms with Crippen LogP contribution in [0.15, 0.2) is 91.5 Å². The van der Waals surface area contributed by atoms with Gasteiger partial charge in [-0.05, 0) is 77.1 Å². The average Bonchev–Trinajstić information content (AvgIpc) is 1.57. The van der Waals surface area contributed by atoms with E-state index in [1.165, 1.54) is 48.9 Å². The molecule has 0 saturated heterocycles. The zero-order chi connectivity index (χ0) is 69.5. The van der Waals surface area contributed by atoms with Gasteiger partial charge in [0.15, 0.2) is 0 Å². The number of hydrogen-bond donors (Lipinski definition) is 17. The van der Waals surface area contributed by atoms with E-state index in [1.807, 2.05) is 18.2 Å². The normalized spacial score (nSPS) is 15.2. The molecule has 29 heteroatoms. The van der Waals surface area contributed by atoms with Crippen LogP contribution in [0.2, 0.25) is 0 Å². The maximum absolute atomic E-state index is 14.6. The highest BCUT2D eigenvalue weighted by Gasteiger charge is 2.39. The van der Waals surface area contributed by atoms with E-state index < -0.39 is 144 Å². The number of aliphatic carboxylic acids is 2. The Morgan fingerprint density at radius 3 is 1.43 bits per heavy atom. The van der Waals surface area contributed by atoms with Gasteiger partial charge in [-0.15, -0.1) is 0 Å². The molecule has 0 aliphatic rings. The van der Waals surface area contributed by atoms with Gasteiger partial charge >= 0.3 is 11.9 Å². The van der Waals surface area contributed by atoms with Crippen molar-refractivity contribution in [2.75, 3.05) is 5.75 Å². The number of carboxylic acid groups (broad SMARTS) is 2. The summed E-state index contributed by atoms with van der Waals surface area (Å²) in [6, 6.07) is 4.50. The highest BCUT2D eigenvalue weighted by atomic mass is 32.1. The molecule has 0 unspecified atom stereocenters. The minimum atomic E-state index is -1.86. The smallest absolute Gasteiger partial charge is 0.326 e. The number of thiol groups is 1. The number of nitrogens with zero attached hydrogens (tertiary/aromatic N) is 1. The Labute approximate surface area is 550 Å². The Balaban J connectivity index is 1.35. The number of aromatic hydroxyl groups is 2. The van der Waals surface area contributed by atoms with Crippen molar-refractivity contribution in [2.45, 2.75) is 167 Å². The van der Waals surface area contributed by atoms with Crippen LogP contribution in [0, 0.1) is 23.7 Å². The fourth-order valence-electron chi connectivity index (χ4n) is 10.1. The number of nitrogens with one attached hydrogen (secondary N) is 11. The Morgan fingerprint density at radius 1 is 0.511 bits per heavy atom. The van der Waals surface area contributed by atoms with Gasteiger partial charge in [0, 0.05) is 60.4 Å². The first-order valence-electron chi connectivity index (χ1n) is 31.1. The third-order valence-electron chi connectivity index (χ3n) is 16.1. The zero-order valence-corrected chi connectivity index (χ0v) is 54.8. The predicted molar refractivity (Wildman–Crippen MR) is 350 cm³/mol. The lowest BCUT2D eigenvalue weighted by Crippen LogP contribution is -2.62. The summed E-state index contributed by atoms with van der Waals surface area (Å²) >= 11 is 4.35. The summed E-state index contributed by atoms with van der Waals surface area (Å²) in [4.78, 5) is 163. The number of carboxylic acids is 2. The van der Waals surface area contributed by atoms with Gasteiger partial charge in [0.25, 0.3) is 0 Å². The fourth-order valence-corrected chi connectivity index (χ4v) is 10.3. The molecular formula is C65H89N13O15S. The monoisotopic (exact) mass is 1320 g/mol. The van der Waals surface area contributed by atoms with Crippen LogP contribution in [0.4, 0.5) is 0 Å². The van der Waals surface area contributed by atoms with Crippen molar-refractivity contribution in [3.63, 3.8) is 0 Å². The molecule has 3 aromatic carbocycles. The van der Waals surface area contributed by atoms with Crippen LogP contribution in [0.3, 0.4) is 0 Å². The van der Waals surface area contributed by atoms with Crippen LogP contribution in [0.1, 0.15) is 103 Å². The lowest BCUT2D eigenvalue weighted by atomic mass is 9.94. The average molecular weight is 1320 g/mol. The second-order valence-electron chi connectivity index (χ2n) is 24.3. The van der Waals surface area contributed by atoms with Crippen molar-refractivity contribution in [2.24, 2.45) is 29.4 Å². The van der Waals surface area contributed by atoms with Crippen molar-refractivity contribution >= 4 is 88.6 Å². The van der Waals surface area contributed by atoms with Crippen molar-refractivity contribution in [3.05, 3.63) is 114 Å². The summed E-state index contributed by atoms with van der Waals surface area (Å²) in [5.41, 5.74) is 8.85. The van der Waals surface area contributed by atoms with Crippen LogP contribution < -0.4 is 53.6 Å². The predicted octanol–water partition coefficient (Wildman–Crippen LogP) is 1.55. The van der Waals surface area contributed by atoms with Crippen molar-refractivity contribution in [1.29, 1.82) is 0 Å². The Bertz CT molecular complexity index is 3400. The lowest BCUT2D eigenvalue weighted by molar-refractivity contribution is -0.142. The molecule has 28 nitrogen and oxygen atoms in total. The Morgan fingerprint density at radius 2 is 0.947 bits per heavy atom. The van der Waals surface area contributed by atoms with Crippen LogP contribution in [-0.2, 0) is 78.4 Å². The molecule has 5 rings (SSSR count). The van der Waals surface area contributed by atoms with Gasteiger partial charge in [-0.25, -0.2) is 9.78 Å². The van der Waals surface area contributed by atoms with Gasteiger partial charge in [-0.1, -0.05) is 111 Å². The number of para-hydroxylation sites is 1. The van der Waals surface area contributed by atoms with Gasteiger partial charge in [-0.3, -0.25) is 47.9 Å². The molecule has 2 aromatic heterocycles.